The number of hydrogen-bond donors (Lipinski definition) is 0. The molecule has 6 nitrogen and oxygen atoms in total. The average molecular weight is 634 g/mol. The summed E-state index contributed by atoms with van der Waals surface area (Å²) in [6.45, 7) is 2.14. The van der Waals surface area contributed by atoms with E-state index in [9.17, 15) is 8.42 Å². The summed E-state index contributed by atoms with van der Waals surface area (Å²) < 4.78 is 43.1. The highest BCUT2D eigenvalue weighted by Crippen LogP contribution is 2.36. The van der Waals surface area contributed by atoms with Crippen molar-refractivity contribution >= 4 is 56.2 Å². The lowest BCUT2D eigenvalue weighted by molar-refractivity contribution is 0.327. The van der Waals surface area contributed by atoms with Gasteiger partial charge in [0.15, 0.2) is 11.5 Å². The number of halogens is 2. The summed E-state index contributed by atoms with van der Waals surface area (Å²) in [4.78, 5) is 4.51. The summed E-state index contributed by atoms with van der Waals surface area (Å²) in [5.41, 5.74) is 1.46. The van der Waals surface area contributed by atoms with Crippen LogP contribution in [0.1, 0.15) is 12.5 Å². The normalized spacial score (nSPS) is 11.4. The number of ether oxygens (including phenoxy) is 2. The number of hydrogen-bond acceptors (Lipinski definition) is 6. The fourth-order valence-corrected chi connectivity index (χ4v) is 5.11. The van der Waals surface area contributed by atoms with Gasteiger partial charge in [-0.15, -0.1) is 0 Å². The standard InChI is InChI=1S/C27H21ClINO5S/c1-2-33-26-17-19(16-25(29)27(26)35-36(31,32)24-14-8-20(28)9-15-24)18-30-21-10-12-23(13-11-21)34-22-6-4-3-5-7-22/h3-18H,2H2,1H3. The van der Waals surface area contributed by atoms with Crippen LogP contribution in [0.3, 0.4) is 0 Å². The van der Waals surface area contributed by atoms with Crippen molar-refractivity contribution < 1.29 is 22.1 Å². The van der Waals surface area contributed by atoms with Gasteiger partial charge in [-0.3, -0.25) is 4.99 Å². The highest BCUT2D eigenvalue weighted by molar-refractivity contribution is 14.1. The molecule has 9 heteroatoms. The van der Waals surface area contributed by atoms with E-state index in [4.69, 9.17) is 25.3 Å². The van der Waals surface area contributed by atoms with E-state index in [0.717, 1.165) is 17.0 Å². The second-order valence-corrected chi connectivity index (χ2v) is 10.6. The van der Waals surface area contributed by atoms with Crippen LogP contribution in [0.25, 0.3) is 0 Å². The van der Waals surface area contributed by atoms with E-state index in [-0.39, 0.29) is 10.6 Å². The van der Waals surface area contributed by atoms with Gasteiger partial charge in [-0.25, -0.2) is 0 Å². The summed E-state index contributed by atoms with van der Waals surface area (Å²) in [6.07, 6.45) is 1.68. The smallest absolute Gasteiger partial charge is 0.339 e. The second kappa shape index (κ2) is 11.8. The maximum Gasteiger partial charge on any atom is 0.339 e. The topological polar surface area (TPSA) is 74.2 Å². The van der Waals surface area contributed by atoms with Gasteiger partial charge in [-0.2, -0.15) is 8.42 Å². The van der Waals surface area contributed by atoms with Gasteiger partial charge >= 0.3 is 10.1 Å². The third-order valence-corrected chi connectivity index (χ3v) is 7.09. The Labute approximate surface area is 228 Å². The van der Waals surface area contributed by atoms with Crippen molar-refractivity contribution in [3.63, 3.8) is 0 Å². The Kier molecular flexibility index (Phi) is 8.50. The number of nitrogens with zero attached hydrogens (tertiary/aromatic N) is 1. The molecule has 0 aliphatic heterocycles. The van der Waals surface area contributed by atoms with E-state index < -0.39 is 10.1 Å². The first kappa shape index (κ1) is 26.0. The van der Waals surface area contributed by atoms with Crippen LogP contribution in [0.2, 0.25) is 5.02 Å². The number of para-hydroxylation sites is 1. The fourth-order valence-electron chi connectivity index (χ4n) is 3.14. The molecule has 0 atom stereocenters. The molecule has 0 bridgehead atoms. The van der Waals surface area contributed by atoms with Crippen LogP contribution in [0.5, 0.6) is 23.0 Å². The fraction of sp³-hybridized carbons (Fsp3) is 0.0741. The van der Waals surface area contributed by atoms with Gasteiger partial charge in [0.1, 0.15) is 16.4 Å². The van der Waals surface area contributed by atoms with Crippen molar-refractivity contribution in [2.45, 2.75) is 11.8 Å². The van der Waals surface area contributed by atoms with E-state index in [1.165, 1.54) is 24.3 Å². The molecule has 0 fully saturated rings. The molecule has 0 aromatic heterocycles. The Morgan fingerprint density at radius 1 is 0.917 bits per heavy atom. The minimum absolute atomic E-state index is 0.00419. The molecule has 4 rings (SSSR count). The van der Waals surface area contributed by atoms with Crippen LogP contribution in [0.4, 0.5) is 5.69 Å². The van der Waals surface area contributed by atoms with Crippen LogP contribution in [0, 0.1) is 3.57 Å². The predicted octanol–water partition coefficient (Wildman–Crippen LogP) is 7.65. The van der Waals surface area contributed by atoms with Crippen LogP contribution in [0.15, 0.2) is 101 Å². The molecule has 0 aliphatic rings. The quantitative estimate of drug-likeness (QED) is 0.108. The zero-order valence-electron chi connectivity index (χ0n) is 19.1. The zero-order chi connectivity index (χ0) is 25.5. The molecule has 0 heterocycles. The minimum atomic E-state index is -4.08. The van der Waals surface area contributed by atoms with Crippen LogP contribution in [-0.2, 0) is 10.1 Å². The van der Waals surface area contributed by atoms with Gasteiger partial charge < -0.3 is 13.7 Å². The molecule has 36 heavy (non-hydrogen) atoms. The Balaban J connectivity index is 1.53. The molecule has 0 saturated heterocycles. The summed E-state index contributed by atoms with van der Waals surface area (Å²) in [7, 11) is -4.08. The monoisotopic (exact) mass is 633 g/mol. The number of rotatable bonds is 9. The third kappa shape index (κ3) is 6.77. The molecule has 0 unspecified atom stereocenters. The van der Waals surface area contributed by atoms with E-state index in [0.29, 0.717) is 26.7 Å². The minimum Gasteiger partial charge on any atom is -0.490 e. The summed E-state index contributed by atoms with van der Waals surface area (Å²) in [6, 6.07) is 26.1. The van der Waals surface area contributed by atoms with Gasteiger partial charge in [0.2, 0.25) is 0 Å². The number of benzene rings is 4. The first-order chi connectivity index (χ1) is 17.3. The molecule has 184 valence electrons. The van der Waals surface area contributed by atoms with Crippen LogP contribution >= 0.6 is 34.2 Å². The molecule has 0 amide bonds. The Morgan fingerprint density at radius 2 is 1.58 bits per heavy atom. The molecule has 0 spiro atoms. The van der Waals surface area contributed by atoms with Crippen molar-refractivity contribution in [1.29, 1.82) is 0 Å². The first-order valence-corrected chi connectivity index (χ1v) is 13.7. The van der Waals surface area contributed by atoms with Gasteiger partial charge in [0.25, 0.3) is 0 Å². The summed E-state index contributed by atoms with van der Waals surface area (Å²) >= 11 is 7.89. The molecule has 0 radical (unpaired) electrons. The molecule has 0 aliphatic carbocycles. The molecule has 0 saturated carbocycles. The molecular formula is C27H21ClINO5S. The third-order valence-electron chi connectivity index (χ3n) is 4.81. The molecule has 0 N–H and O–H groups in total. The molecular weight excluding hydrogens is 613 g/mol. The summed E-state index contributed by atoms with van der Waals surface area (Å²) in [5, 5.41) is 0.431. The average Bonchev–Trinajstić information content (AvgIpc) is 2.87. The van der Waals surface area contributed by atoms with Gasteiger partial charge in [0.05, 0.1) is 15.9 Å². The lowest BCUT2D eigenvalue weighted by atomic mass is 10.2. The maximum absolute atomic E-state index is 12.8. The molecule has 4 aromatic rings. The first-order valence-electron chi connectivity index (χ1n) is 10.9. The maximum atomic E-state index is 12.8. The highest BCUT2D eigenvalue weighted by Gasteiger charge is 2.22. The van der Waals surface area contributed by atoms with Crippen molar-refractivity contribution in [3.05, 3.63) is 105 Å². The SMILES string of the molecule is CCOc1cc(C=Nc2ccc(Oc3ccccc3)cc2)cc(I)c1OS(=O)(=O)c1ccc(Cl)cc1. The van der Waals surface area contributed by atoms with Crippen LogP contribution < -0.4 is 13.7 Å². The zero-order valence-corrected chi connectivity index (χ0v) is 22.8. The van der Waals surface area contributed by atoms with Gasteiger partial charge in [-0.05, 0) is 108 Å². The van der Waals surface area contributed by atoms with Gasteiger partial charge in [0, 0.05) is 11.2 Å². The largest absolute Gasteiger partial charge is 0.490 e. The lowest BCUT2D eigenvalue weighted by Gasteiger charge is -2.14. The molecule has 4 aromatic carbocycles. The van der Waals surface area contributed by atoms with Crippen LogP contribution in [-0.4, -0.2) is 21.2 Å². The van der Waals surface area contributed by atoms with Gasteiger partial charge in [-0.1, -0.05) is 29.8 Å². The van der Waals surface area contributed by atoms with Crippen molar-refractivity contribution in [3.8, 4) is 23.0 Å². The Morgan fingerprint density at radius 3 is 2.25 bits per heavy atom. The highest BCUT2D eigenvalue weighted by atomic mass is 127. The van der Waals surface area contributed by atoms with Crippen molar-refractivity contribution in [2.75, 3.05) is 6.61 Å². The van der Waals surface area contributed by atoms with E-state index in [2.05, 4.69) is 4.99 Å². The van der Waals surface area contributed by atoms with Crippen molar-refractivity contribution in [2.24, 2.45) is 4.99 Å². The van der Waals surface area contributed by atoms with E-state index >= 15 is 0 Å². The Hall–Kier alpha value is -3.08. The number of aliphatic imine (C=N–C) groups is 1. The van der Waals surface area contributed by atoms with E-state index in [1.54, 1.807) is 18.3 Å². The van der Waals surface area contributed by atoms with E-state index in [1.807, 2.05) is 84.1 Å². The Bertz CT molecular complexity index is 1460. The van der Waals surface area contributed by atoms with Crippen molar-refractivity contribution in [1.82, 2.24) is 0 Å². The summed E-state index contributed by atoms with van der Waals surface area (Å²) in [5.74, 6) is 1.88. The predicted molar refractivity (Wildman–Crippen MR) is 150 cm³/mol. The lowest BCUT2D eigenvalue weighted by Crippen LogP contribution is -2.12. The second-order valence-electron chi connectivity index (χ2n) is 7.42.